The summed E-state index contributed by atoms with van der Waals surface area (Å²) in [4.78, 5) is 9.13. The molecule has 0 unspecified atom stereocenters. The number of benzene rings is 10. The van der Waals surface area contributed by atoms with Crippen LogP contribution in [0, 0.1) is 25.7 Å². The Morgan fingerprint density at radius 1 is 0.581 bits per heavy atom. The summed E-state index contributed by atoms with van der Waals surface area (Å²) in [6.07, 6.45) is 1.57. The number of anilines is 4. The second-order valence-corrected chi connectivity index (χ2v) is 22.0. The summed E-state index contributed by atoms with van der Waals surface area (Å²) in [5.74, 6) is 1.40. The molecule has 74 heavy (non-hydrogen) atoms. The van der Waals surface area contributed by atoms with E-state index in [2.05, 4.69) is 162 Å². The summed E-state index contributed by atoms with van der Waals surface area (Å²) < 4.78 is 60.4. The van der Waals surface area contributed by atoms with Crippen molar-refractivity contribution in [2.45, 2.75) is 6.85 Å². The van der Waals surface area contributed by atoms with Crippen molar-refractivity contribution in [3.05, 3.63) is 273 Å². The molecule has 0 spiro atoms. The first-order valence-electron chi connectivity index (χ1n) is 27.3. The predicted octanol–water partition coefficient (Wildman–Crippen LogP) is 14.0. The van der Waals surface area contributed by atoms with Crippen LogP contribution in [0.1, 0.15) is 13.8 Å². The van der Waals surface area contributed by atoms with Crippen LogP contribution < -0.4 is 35.3 Å². The third kappa shape index (κ3) is 7.12. The summed E-state index contributed by atoms with van der Waals surface area (Å²) >= 11 is 0. The molecule has 7 heteroatoms. The number of fused-ring (bicyclic) bond motifs is 8. The summed E-state index contributed by atoms with van der Waals surface area (Å²) in [6.45, 7) is -0.315. The molecule has 0 amide bonds. The maximum absolute atomic E-state index is 8.65. The zero-order valence-corrected chi connectivity index (χ0v) is 42.8. The molecule has 2 aliphatic rings. The van der Waals surface area contributed by atoms with Gasteiger partial charge in [0.1, 0.15) is 5.82 Å². The van der Waals surface area contributed by atoms with Crippen LogP contribution in [0.4, 0.5) is 22.7 Å². The van der Waals surface area contributed by atoms with E-state index in [0.717, 1.165) is 66.4 Å². The molecule has 12 aromatic rings. The summed E-state index contributed by atoms with van der Waals surface area (Å²) in [7, 11) is -3.25. The van der Waals surface area contributed by atoms with Crippen molar-refractivity contribution in [2.24, 2.45) is 0 Å². The molecule has 2 aliphatic heterocycles. The number of para-hydroxylation sites is 4. The van der Waals surface area contributed by atoms with Crippen molar-refractivity contribution in [1.82, 2.24) is 9.55 Å². The number of hydrogen-bond acceptors (Lipinski definition) is 4. The van der Waals surface area contributed by atoms with Crippen molar-refractivity contribution in [3.8, 4) is 50.7 Å². The van der Waals surface area contributed by atoms with Gasteiger partial charge in [-0.3, -0.25) is 0 Å². The molecule has 0 radical (unpaired) electrons. The molecule has 0 fully saturated rings. The molecule has 356 valence electrons. The van der Waals surface area contributed by atoms with E-state index in [-0.39, 0.29) is 44.8 Å². The van der Waals surface area contributed by atoms with Crippen LogP contribution >= 0.6 is 0 Å². The minimum atomic E-state index is -3.25. The largest absolute Gasteiger partial charge is 0.509 e. The van der Waals surface area contributed by atoms with Crippen molar-refractivity contribution < 1.29 is 34.0 Å². The number of aromatic nitrogens is 2. The molecule has 4 heterocycles. The average molecular weight is 1150 g/mol. The summed E-state index contributed by atoms with van der Waals surface area (Å²) in [5.41, 5.74) is 10.5. The standard InChI is InChI=1S/C67H45N4OSi.Pt/c1-46-40-41-68-63(42-46)71-57-36-16-14-32-55(57)64-60(71)44-61(65-56-33-15-19-39-62(56)73(67(64)65,51-28-10-4-11-29-51)52-30-12-5-13-31-52)72-50-27-20-26-49(43-50)69-45-70(59-38-18-17-37-58(59)69)66-53(47-22-6-2-7-23-47)34-21-35-54(66)48-24-8-3-9-25-48;/h2-42,45H,1H3;/q-3;/i1D3,2D,6D,7D;. The van der Waals surface area contributed by atoms with Gasteiger partial charge in [0, 0.05) is 76.6 Å². The van der Waals surface area contributed by atoms with Crippen molar-refractivity contribution >= 4 is 73.4 Å². The van der Waals surface area contributed by atoms with Crippen LogP contribution in [0.5, 0.6) is 11.5 Å². The molecule has 0 bridgehead atoms. The second-order valence-electron chi connectivity index (χ2n) is 18.3. The summed E-state index contributed by atoms with van der Waals surface area (Å²) in [5, 5.41) is 6.76. The maximum Gasteiger partial charge on any atom is 0.156 e. The Balaban J connectivity index is 0.00000605. The van der Waals surface area contributed by atoms with E-state index in [0.29, 0.717) is 34.1 Å². The Morgan fingerprint density at radius 2 is 1.20 bits per heavy atom. The van der Waals surface area contributed by atoms with Gasteiger partial charge < -0.3 is 19.1 Å². The number of rotatable bonds is 9. The molecule has 2 aromatic heterocycles. The zero-order valence-electron chi connectivity index (χ0n) is 45.5. The summed E-state index contributed by atoms with van der Waals surface area (Å²) in [6, 6.07) is 82.9. The topological polar surface area (TPSA) is 33.5 Å². The van der Waals surface area contributed by atoms with Crippen LogP contribution in [0.2, 0.25) is 0 Å². The average Bonchev–Trinajstić information content (AvgIpc) is 3.21. The van der Waals surface area contributed by atoms with Gasteiger partial charge in [-0.1, -0.05) is 216 Å². The number of ether oxygens (including phenoxy) is 1. The molecule has 0 saturated heterocycles. The number of nitrogens with zero attached hydrogens (tertiary/aromatic N) is 4. The van der Waals surface area contributed by atoms with Gasteiger partial charge in [0.2, 0.25) is 0 Å². The fraction of sp³-hybridized carbons (Fsp3) is 0.0149. The van der Waals surface area contributed by atoms with E-state index < -0.39 is 14.9 Å². The quantitative estimate of drug-likeness (QED) is 0.107. The van der Waals surface area contributed by atoms with Crippen molar-refractivity contribution in [3.63, 3.8) is 0 Å². The van der Waals surface area contributed by atoms with E-state index in [1.54, 1.807) is 30.5 Å². The van der Waals surface area contributed by atoms with E-state index >= 15 is 0 Å². The first-order chi connectivity index (χ1) is 38.6. The molecule has 10 aromatic carbocycles. The smallest absolute Gasteiger partial charge is 0.156 e. The van der Waals surface area contributed by atoms with Gasteiger partial charge in [0.25, 0.3) is 0 Å². The van der Waals surface area contributed by atoms with Gasteiger partial charge in [-0.05, 0) is 69.6 Å². The Hall–Kier alpha value is -8.54. The SMILES string of the molecule is [2H]c1cc(-c2cccc(-c3ccccc3)c2N2[CH-]N(c3[c-]c(Oc4[c-]c5c(c6c4-c4ccccc4[Si]6(c4ccccc4)c4ccccc4)c4ccccc4n5-c4cc(C([2H])([2H])[2H])ccn4)ccc3)c3ccccc32)cc([2H])c1[2H].[Pt]. The molecule has 14 rings (SSSR count). The van der Waals surface area contributed by atoms with Gasteiger partial charge in [-0.2, -0.15) is 6.07 Å². The van der Waals surface area contributed by atoms with Crippen molar-refractivity contribution in [2.75, 3.05) is 9.80 Å². The molecular formula is C67H45N4OPtSi-3. The number of hydrogen-bond donors (Lipinski definition) is 0. The first-order valence-corrected chi connectivity index (χ1v) is 26.3. The van der Waals surface area contributed by atoms with Crippen LogP contribution in [0.25, 0.3) is 61.0 Å². The van der Waals surface area contributed by atoms with Gasteiger partial charge in [0.15, 0.2) is 8.07 Å². The third-order valence-corrected chi connectivity index (χ3v) is 19.2. The van der Waals surface area contributed by atoms with Crippen LogP contribution in [-0.2, 0) is 21.1 Å². The normalized spacial score (nSPS) is 14.4. The molecule has 0 saturated carbocycles. The second kappa shape index (κ2) is 18.5. The van der Waals surface area contributed by atoms with E-state index in [1.165, 1.54) is 15.6 Å². The zero-order chi connectivity index (χ0) is 53.6. The maximum atomic E-state index is 8.65. The number of aryl methyl sites for hydroxylation is 1. The third-order valence-electron chi connectivity index (χ3n) is 14.3. The predicted molar refractivity (Wildman–Crippen MR) is 302 cm³/mol. The Kier molecular flexibility index (Phi) is 9.76. The van der Waals surface area contributed by atoms with Crippen LogP contribution in [-0.4, -0.2) is 17.6 Å². The van der Waals surface area contributed by atoms with Gasteiger partial charge >= 0.3 is 0 Å². The Morgan fingerprint density at radius 3 is 1.95 bits per heavy atom. The van der Waals surface area contributed by atoms with Crippen LogP contribution in [0.15, 0.2) is 249 Å². The fourth-order valence-electron chi connectivity index (χ4n) is 11.4. The van der Waals surface area contributed by atoms with E-state index in [9.17, 15) is 0 Å². The molecule has 0 atom stereocenters. The van der Waals surface area contributed by atoms with Gasteiger partial charge in [-0.25, -0.2) is 4.98 Å². The monoisotopic (exact) mass is 1150 g/mol. The van der Waals surface area contributed by atoms with E-state index in [1.807, 2.05) is 71.3 Å². The van der Waals surface area contributed by atoms with Crippen LogP contribution in [0.3, 0.4) is 0 Å². The van der Waals surface area contributed by atoms with Gasteiger partial charge in [-0.15, -0.1) is 47.2 Å². The van der Waals surface area contributed by atoms with Gasteiger partial charge in [0.05, 0.1) is 4.11 Å². The minimum absolute atomic E-state index is 0. The molecule has 5 nitrogen and oxygen atoms in total. The molecular weight excluding hydrogens is 1100 g/mol. The molecule has 0 aliphatic carbocycles. The minimum Gasteiger partial charge on any atom is -0.509 e. The first kappa shape index (κ1) is 39.0. The molecule has 0 N–H and O–H groups in total. The van der Waals surface area contributed by atoms with Crippen molar-refractivity contribution in [1.29, 1.82) is 0 Å². The Bertz CT molecular complexity index is 4320. The fourth-order valence-corrected chi connectivity index (χ4v) is 16.8. The number of pyridine rings is 1. The van der Waals surface area contributed by atoms with E-state index in [4.69, 9.17) is 17.9 Å². The Labute approximate surface area is 454 Å².